The monoisotopic (exact) mass is 837 g/mol. The number of allylic oxidation sites excluding steroid dienone is 22. The van der Waals surface area contributed by atoms with Crippen molar-refractivity contribution >= 4 is 17.2 Å². The summed E-state index contributed by atoms with van der Waals surface area (Å²) >= 11 is 1.65. The van der Waals surface area contributed by atoms with Crippen molar-refractivity contribution in [2.45, 2.75) is 135 Å². The summed E-state index contributed by atoms with van der Waals surface area (Å²) in [4.78, 5) is 9.53. The first-order chi connectivity index (χ1) is 27.4. The summed E-state index contributed by atoms with van der Waals surface area (Å²) in [5, 5.41) is 8.98. The predicted molar refractivity (Wildman–Crippen MR) is 252 cm³/mol. The van der Waals surface area contributed by atoms with Crippen molar-refractivity contribution in [2.75, 3.05) is 12.3 Å². The summed E-state index contributed by atoms with van der Waals surface area (Å²) in [5.41, 5.74) is 21.7. The summed E-state index contributed by atoms with van der Waals surface area (Å²) in [6.07, 6.45) is 40.9. The van der Waals surface area contributed by atoms with E-state index in [0.717, 1.165) is 11.3 Å². The van der Waals surface area contributed by atoms with E-state index in [1.165, 1.54) is 76.8 Å². The molecule has 0 radical (unpaired) electrons. The Labute approximate surface area is 368 Å². The Morgan fingerprint density at radius 1 is 0.746 bits per heavy atom. The Morgan fingerprint density at radius 2 is 1.20 bits per heavy atom. The molecule has 0 saturated heterocycles. The van der Waals surface area contributed by atoms with Crippen molar-refractivity contribution in [1.82, 2.24) is 9.97 Å². The molecule has 0 fully saturated rings. The smallest absolute Gasteiger partial charge is 0.225 e. The number of nitrogens with zero attached hydrogens (tertiary/aromatic N) is 3. The van der Waals surface area contributed by atoms with E-state index >= 15 is 0 Å². The van der Waals surface area contributed by atoms with Gasteiger partial charge in [-0.25, -0.2) is 9.97 Å². The topological polar surface area (TPSA) is 75.9 Å². The van der Waals surface area contributed by atoms with Gasteiger partial charge in [0.2, 0.25) is 5.51 Å². The lowest BCUT2D eigenvalue weighted by molar-refractivity contribution is -0.689. The highest BCUT2D eigenvalue weighted by Gasteiger charge is 2.27. The lowest BCUT2D eigenvalue weighted by Gasteiger charge is -2.33. The number of nitrogen functional groups attached to an aromatic ring is 1. The van der Waals surface area contributed by atoms with Crippen molar-refractivity contribution in [2.24, 2.45) is 10.8 Å². The van der Waals surface area contributed by atoms with Gasteiger partial charge in [-0.15, -0.1) is 0 Å². The molecule has 0 bridgehead atoms. The van der Waals surface area contributed by atoms with Crippen LogP contribution in [-0.4, -0.2) is 21.7 Å². The fourth-order valence-electron chi connectivity index (χ4n) is 7.56. The number of aryl methyl sites for hydroxylation is 1. The van der Waals surface area contributed by atoms with Crippen LogP contribution in [0.4, 0.5) is 5.82 Å². The molecule has 2 aromatic rings. The molecule has 2 heterocycles. The van der Waals surface area contributed by atoms with Crippen LogP contribution in [0.5, 0.6) is 0 Å². The Kier molecular flexibility index (Phi) is 21.5. The molecule has 0 atom stereocenters. The largest absolute Gasteiger partial charge is 1.00 e. The van der Waals surface area contributed by atoms with Crippen molar-refractivity contribution in [1.29, 1.82) is 0 Å². The maximum Gasteiger partial charge on any atom is 0.225 e. The highest BCUT2D eigenvalue weighted by Crippen LogP contribution is 2.41. The molecular formula is C52H73ClN4OS. The van der Waals surface area contributed by atoms with E-state index in [1.807, 2.05) is 19.4 Å². The first-order valence-corrected chi connectivity index (χ1v) is 21.9. The van der Waals surface area contributed by atoms with Crippen LogP contribution in [0.1, 0.15) is 130 Å². The number of thiazole rings is 1. The van der Waals surface area contributed by atoms with Gasteiger partial charge in [0.15, 0.2) is 12.2 Å². The van der Waals surface area contributed by atoms with Crippen LogP contribution in [0.25, 0.3) is 0 Å². The second kappa shape index (κ2) is 24.9. The van der Waals surface area contributed by atoms with Gasteiger partial charge in [-0.05, 0) is 109 Å². The molecule has 2 aliphatic rings. The third-order valence-electron chi connectivity index (χ3n) is 11.2. The van der Waals surface area contributed by atoms with Gasteiger partial charge in [0.1, 0.15) is 11.6 Å². The normalized spacial score (nSPS) is 18.2. The molecule has 0 amide bonds. The number of aliphatic hydroxyl groups is 1. The van der Waals surface area contributed by atoms with E-state index in [1.54, 1.807) is 28.7 Å². The van der Waals surface area contributed by atoms with Crippen LogP contribution in [-0.2, 0) is 13.0 Å². The number of rotatable bonds is 14. The first-order valence-electron chi connectivity index (χ1n) is 21.1. The van der Waals surface area contributed by atoms with Crippen molar-refractivity contribution < 1.29 is 22.1 Å². The van der Waals surface area contributed by atoms with Gasteiger partial charge >= 0.3 is 0 Å². The van der Waals surface area contributed by atoms with E-state index in [9.17, 15) is 0 Å². The third-order valence-corrected chi connectivity index (χ3v) is 12.4. The molecule has 59 heavy (non-hydrogen) atoms. The molecule has 0 spiro atoms. The standard InChI is InChI=1S/C40H56.C12H17N4OS.ClH/c1-31(19-13-21-33(3)25-27-37-35(5)23-15-29-39(37,7)8)17-11-12-18-32(2)20-14-22-34(4)26-28-38-36(6)24-16-30-40(38,9)10;1-8-11(3-4-17)18-7-16(8)6-10-5-14-9(2)15-12(10)13;/h11-14,17-22,25-28H,15-16,23-24,29-30H2,1-10H3;5,7,17H,3-4,6H2,1-2H3,(H2,13,14,15);1H/q;+1;/p-1/b12-11+,19-13+,20-14+,27-25+,28-26+,31-17+,32-18+,33-21+,34-22+;;. The zero-order chi connectivity index (χ0) is 42.9. The highest BCUT2D eigenvalue weighted by molar-refractivity contribution is 7.09. The number of anilines is 1. The van der Waals surface area contributed by atoms with E-state index < -0.39 is 0 Å². The Morgan fingerprint density at radius 3 is 1.64 bits per heavy atom. The summed E-state index contributed by atoms with van der Waals surface area (Å²) in [7, 11) is 0. The van der Waals surface area contributed by atoms with Crippen LogP contribution in [0.3, 0.4) is 0 Å². The number of aliphatic hydroxyl groups excluding tert-OH is 1. The minimum absolute atomic E-state index is 0. The first kappa shape index (κ1) is 51.0. The summed E-state index contributed by atoms with van der Waals surface area (Å²) < 4.78 is 2.11. The highest BCUT2D eigenvalue weighted by atomic mass is 35.5. The molecule has 0 aliphatic heterocycles. The zero-order valence-electron chi connectivity index (χ0n) is 38.3. The minimum Gasteiger partial charge on any atom is -1.00 e. The van der Waals surface area contributed by atoms with Gasteiger partial charge in [-0.3, -0.25) is 0 Å². The number of hydrogen-bond acceptors (Lipinski definition) is 5. The van der Waals surface area contributed by atoms with E-state index in [0.29, 0.717) is 35.4 Å². The molecule has 0 unspecified atom stereocenters. The third kappa shape index (κ3) is 17.2. The molecular weight excluding hydrogens is 764 g/mol. The number of aromatic nitrogens is 3. The molecule has 320 valence electrons. The van der Waals surface area contributed by atoms with Crippen LogP contribution >= 0.6 is 11.3 Å². The zero-order valence-corrected chi connectivity index (χ0v) is 39.8. The predicted octanol–water partition coefficient (Wildman–Crippen LogP) is 10.2. The molecule has 0 saturated carbocycles. The fraction of sp³-hybridized carbons (Fsp3) is 0.442. The van der Waals surface area contributed by atoms with Crippen LogP contribution < -0.4 is 22.7 Å². The quantitative estimate of drug-likeness (QED) is 0.147. The lowest BCUT2D eigenvalue weighted by Crippen LogP contribution is -3.00. The van der Waals surface area contributed by atoms with Gasteiger partial charge in [0.05, 0.1) is 10.4 Å². The van der Waals surface area contributed by atoms with Gasteiger partial charge in [-0.2, -0.15) is 4.57 Å². The molecule has 7 heteroatoms. The summed E-state index contributed by atoms with van der Waals surface area (Å²) in [6.45, 7) is 27.4. The van der Waals surface area contributed by atoms with Crippen molar-refractivity contribution in [3.63, 3.8) is 0 Å². The average molecular weight is 838 g/mol. The minimum atomic E-state index is 0. The van der Waals surface area contributed by atoms with Crippen molar-refractivity contribution in [3.05, 3.63) is 163 Å². The lowest BCUT2D eigenvalue weighted by atomic mass is 9.72. The maximum atomic E-state index is 8.98. The Balaban J connectivity index is 0.000000524. The van der Waals surface area contributed by atoms with E-state index in [4.69, 9.17) is 10.8 Å². The molecule has 2 aromatic heterocycles. The summed E-state index contributed by atoms with van der Waals surface area (Å²) in [6, 6.07) is 0. The second-order valence-corrected chi connectivity index (χ2v) is 18.4. The van der Waals surface area contributed by atoms with E-state index in [2.05, 4.69) is 169 Å². The van der Waals surface area contributed by atoms with Gasteiger partial charge in [0.25, 0.3) is 0 Å². The molecule has 4 rings (SSSR count). The summed E-state index contributed by atoms with van der Waals surface area (Å²) in [5.74, 6) is 1.22. The molecule has 5 nitrogen and oxygen atoms in total. The van der Waals surface area contributed by atoms with Crippen LogP contribution in [0.2, 0.25) is 0 Å². The molecule has 2 aliphatic carbocycles. The fourth-order valence-corrected chi connectivity index (χ4v) is 8.54. The molecule has 0 aromatic carbocycles. The number of halogens is 1. The van der Waals surface area contributed by atoms with Gasteiger partial charge < -0.3 is 23.2 Å². The number of hydrogen-bond donors (Lipinski definition) is 2. The van der Waals surface area contributed by atoms with Gasteiger partial charge in [0, 0.05) is 26.1 Å². The Hall–Kier alpha value is -4.10. The van der Waals surface area contributed by atoms with Crippen LogP contribution in [0.15, 0.2) is 141 Å². The SMILES string of the molecule is CC1=C(/C=C/C(C)=C/C=C/C(C)=C/C=C/C=C(C)/C=C/C=C(C)/C=C/C2=C(C)CCCC2(C)C)C(C)(C)CCC1.Cc1ncc(C[n+]2csc(CCO)c2C)c(N)n1.[Cl-]. The maximum absolute atomic E-state index is 8.98. The Bertz CT molecular complexity index is 1960. The average Bonchev–Trinajstić information content (AvgIpc) is 3.48. The second-order valence-electron chi connectivity index (χ2n) is 17.4. The van der Waals surface area contributed by atoms with E-state index in [-0.39, 0.29) is 19.0 Å². The van der Waals surface area contributed by atoms with Gasteiger partial charge in [-0.1, -0.05) is 158 Å². The number of nitrogens with two attached hydrogens (primary N) is 1. The van der Waals surface area contributed by atoms with Crippen LogP contribution in [0, 0.1) is 24.7 Å². The molecule has 3 N–H and O–H groups in total. The van der Waals surface area contributed by atoms with Crippen molar-refractivity contribution in [3.8, 4) is 0 Å².